The average Bonchev–Trinajstić information content (AvgIpc) is 3.40. The number of sulfonamides is 1. The van der Waals surface area contributed by atoms with Gasteiger partial charge in [-0.1, -0.05) is 49.6 Å². The molecule has 1 atom stereocenters. The molecular weight excluding hydrogens is 502 g/mol. The molecule has 0 aliphatic heterocycles. The maximum Gasteiger partial charge on any atom is 0.243 e. The SMILES string of the molecule is CC[C@H](C(=O)NC1CCCC1)N(Cc1ccc(C)cc1)C(=O)CCCN(c1ccc(OC)cc1)S(C)(=O)=O. The zero-order valence-corrected chi connectivity index (χ0v) is 23.8. The standard InChI is InChI=1S/C29H41N3O5S/c1-5-27(29(34)30-24-9-6-7-10-24)31(21-23-14-12-22(2)13-15-23)28(33)11-8-20-32(38(4,35)36)25-16-18-26(37-3)19-17-25/h12-19,24,27H,5-11,20-21H2,1-4H3,(H,30,34)/t27-/m1/s1. The third kappa shape index (κ3) is 8.21. The van der Waals surface area contributed by atoms with Gasteiger partial charge in [0.1, 0.15) is 11.8 Å². The number of hydrogen-bond acceptors (Lipinski definition) is 5. The van der Waals surface area contributed by atoms with Crippen LogP contribution in [0.5, 0.6) is 5.75 Å². The van der Waals surface area contributed by atoms with Crippen molar-refractivity contribution >= 4 is 27.5 Å². The van der Waals surface area contributed by atoms with Gasteiger partial charge in [0, 0.05) is 25.6 Å². The number of hydrogen-bond donors (Lipinski definition) is 1. The predicted molar refractivity (Wildman–Crippen MR) is 151 cm³/mol. The normalized spacial score (nSPS) is 14.6. The van der Waals surface area contributed by atoms with Crippen molar-refractivity contribution in [3.63, 3.8) is 0 Å². The van der Waals surface area contributed by atoms with E-state index in [9.17, 15) is 18.0 Å². The van der Waals surface area contributed by atoms with Crippen LogP contribution < -0.4 is 14.4 Å². The van der Waals surface area contributed by atoms with Crippen LogP contribution in [0.25, 0.3) is 0 Å². The summed E-state index contributed by atoms with van der Waals surface area (Å²) in [6.45, 7) is 4.40. The first kappa shape index (κ1) is 29.5. The summed E-state index contributed by atoms with van der Waals surface area (Å²) in [6.07, 6.45) is 6.27. The van der Waals surface area contributed by atoms with Crippen molar-refractivity contribution in [2.75, 3.05) is 24.2 Å². The summed E-state index contributed by atoms with van der Waals surface area (Å²) in [7, 11) is -2.00. The molecule has 1 N–H and O–H groups in total. The van der Waals surface area contributed by atoms with Crippen LogP contribution in [0.15, 0.2) is 48.5 Å². The van der Waals surface area contributed by atoms with Gasteiger partial charge in [-0.3, -0.25) is 13.9 Å². The van der Waals surface area contributed by atoms with E-state index in [1.807, 2.05) is 38.1 Å². The highest BCUT2D eigenvalue weighted by atomic mass is 32.2. The number of carbonyl (C=O) groups is 2. The number of nitrogens with zero attached hydrogens (tertiary/aromatic N) is 2. The third-order valence-corrected chi connectivity index (χ3v) is 8.27. The number of ether oxygens (including phenoxy) is 1. The maximum absolute atomic E-state index is 13.6. The summed E-state index contributed by atoms with van der Waals surface area (Å²) in [6, 6.07) is 14.3. The van der Waals surface area contributed by atoms with Crippen LogP contribution in [-0.2, 0) is 26.2 Å². The van der Waals surface area contributed by atoms with Gasteiger partial charge in [-0.25, -0.2) is 8.42 Å². The first-order valence-corrected chi connectivity index (χ1v) is 15.2. The van der Waals surface area contributed by atoms with Crippen LogP contribution in [-0.4, -0.2) is 57.1 Å². The van der Waals surface area contributed by atoms with Crippen molar-refractivity contribution in [1.29, 1.82) is 0 Å². The topological polar surface area (TPSA) is 96.0 Å². The van der Waals surface area contributed by atoms with Crippen LogP contribution in [0.4, 0.5) is 5.69 Å². The van der Waals surface area contributed by atoms with E-state index in [2.05, 4.69) is 5.32 Å². The highest BCUT2D eigenvalue weighted by molar-refractivity contribution is 7.92. The summed E-state index contributed by atoms with van der Waals surface area (Å²) >= 11 is 0. The van der Waals surface area contributed by atoms with Crippen molar-refractivity contribution in [1.82, 2.24) is 10.2 Å². The number of methoxy groups -OCH3 is 1. The van der Waals surface area contributed by atoms with Crippen molar-refractivity contribution in [3.05, 3.63) is 59.7 Å². The lowest BCUT2D eigenvalue weighted by molar-refractivity contribution is -0.141. The Morgan fingerprint density at radius 3 is 2.24 bits per heavy atom. The Hall–Kier alpha value is -3.07. The number of aryl methyl sites for hydroxylation is 1. The molecule has 0 spiro atoms. The lowest BCUT2D eigenvalue weighted by atomic mass is 10.1. The largest absolute Gasteiger partial charge is 0.497 e. The zero-order valence-electron chi connectivity index (χ0n) is 23.0. The van der Waals surface area contributed by atoms with Crippen molar-refractivity contribution in [3.8, 4) is 5.75 Å². The number of anilines is 1. The Morgan fingerprint density at radius 1 is 1.05 bits per heavy atom. The molecule has 3 rings (SSSR count). The van der Waals surface area contributed by atoms with Gasteiger partial charge in [0.05, 0.1) is 19.1 Å². The molecule has 0 aromatic heterocycles. The monoisotopic (exact) mass is 543 g/mol. The fourth-order valence-electron chi connectivity index (χ4n) is 4.93. The van der Waals surface area contributed by atoms with Crippen molar-refractivity contribution in [2.24, 2.45) is 0 Å². The van der Waals surface area contributed by atoms with Crippen LogP contribution in [0.2, 0.25) is 0 Å². The van der Waals surface area contributed by atoms with E-state index < -0.39 is 16.1 Å². The molecule has 2 amide bonds. The minimum atomic E-state index is -3.55. The fourth-order valence-corrected chi connectivity index (χ4v) is 5.90. The minimum absolute atomic E-state index is 0.115. The van der Waals surface area contributed by atoms with Gasteiger partial charge in [-0.05, 0) is 62.4 Å². The van der Waals surface area contributed by atoms with Crippen molar-refractivity contribution in [2.45, 2.75) is 77.4 Å². The van der Waals surface area contributed by atoms with E-state index in [0.29, 0.717) is 30.8 Å². The smallest absolute Gasteiger partial charge is 0.243 e. The molecule has 0 unspecified atom stereocenters. The van der Waals surface area contributed by atoms with E-state index in [0.717, 1.165) is 43.1 Å². The molecule has 9 heteroatoms. The lowest BCUT2D eigenvalue weighted by Gasteiger charge is -2.32. The molecule has 0 bridgehead atoms. The molecule has 2 aromatic carbocycles. The molecule has 38 heavy (non-hydrogen) atoms. The van der Waals surface area contributed by atoms with Gasteiger partial charge in [0.15, 0.2) is 0 Å². The van der Waals surface area contributed by atoms with Crippen LogP contribution in [0.3, 0.4) is 0 Å². The van der Waals surface area contributed by atoms with Crippen LogP contribution >= 0.6 is 0 Å². The summed E-state index contributed by atoms with van der Waals surface area (Å²) in [5, 5.41) is 3.15. The second-order valence-electron chi connectivity index (χ2n) is 10.1. The molecule has 1 aliphatic rings. The molecule has 2 aromatic rings. The molecule has 1 fully saturated rings. The van der Waals surface area contributed by atoms with Crippen molar-refractivity contribution < 1.29 is 22.7 Å². The molecule has 0 radical (unpaired) electrons. The number of amides is 2. The fraction of sp³-hybridized carbons (Fsp3) is 0.517. The summed E-state index contributed by atoms with van der Waals surface area (Å²) in [5.41, 5.74) is 2.59. The maximum atomic E-state index is 13.6. The molecule has 0 heterocycles. The number of carbonyl (C=O) groups excluding carboxylic acids is 2. The number of nitrogens with one attached hydrogen (secondary N) is 1. The Bertz CT molecular complexity index is 1160. The summed E-state index contributed by atoms with van der Waals surface area (Å²) in [5.74, 6) is 0.351. The molecule has 1 saturated carbocycles. The molecular formula is C29H41N3O5S. The minimum Gasteiger partial charge on any atom is -0.497 e. The van der Waals surface area contributed by atoms with Gasteiger partial charge < -0.3 is 15.0 Å². The Balaban J connectivity index is 1.74. The molecule has 8 nitrogen and oxygen atoms in total. The summed E-state index contributed by atoms with van der Waals surface area (Å²) in [4.78, 5) is 28.5. The Kier molecular flexibility index (Phi) is 10.6. The van der Waals surface area contributed by atoms with E-state index >= 15 is 0 Å². The molecule has 0 saturated heterocycles. The zero-order chi connectivity index (χ0) is 27.7. The van der Waals surface area contributed by atoms with Gasteiger partial charge >= 0.3 is 0 Å². The van der Waals surface area contributed by atoms with Gasteiger partial charge in [-0.2, -0.15) is 0 Å². The second-order valence-corrected chi connectivity index (χ2v) is 12.0. The number of rotatable bonds is 13. The van der Waals surface area contributed by atoms with Gasteiger partial charge in [-0.15, -0.1) is 0 Å². The first-order valence-electron chi connectivity index (χ1n) is 13.4. The van der Waals surface area contributed by atoms with E-state index in [1.54, 1.807) is 36.3 Å². The lowest BCUT2D eigenvalue weighted by Crippen LogP contribution is -2.51. The van der Waals surface area contributed by atoms with Crippen LogP contribution in [0.1, 0.15) is 63.0 Å². The predicted octanol–water partition coefficient (Wildman–Crippen LogP) is 4.42. The van der Waals surface area contributed by atoms with Gasteiger partial charge in [0.2, 0.25) is 21.8 Å². The number of benzene rings is 2. The van der Waals surface area contributed by atoms with Gasteiger partial charge in [0.25, 0.3) is 0 Å². The Labute approximate surface area is 227 Å². The van der Waals surface area contributed by atoms with E-state index in [-0.39, 0.29) is 30.8 Å². The van der Waals surface area contributed by atoms with Crippen LogP contribution in [0, 0.1) is 6.92 Å². The third-order valence-electron chi connectivity index (χ3n) is 7.07. The average molecular weight is 544 g/mol. The van der Waals surface area contributed by atoms with E-state index in [4.69, 9.17) is 4.74 Å². The second kappa shape index (κ2) is 13.6. The highest BCUT2D eigenvalue weighted by Gasteiger charge is 2.30. The Morgan fingerprint density at radius 2 is 1.68 bits per heavy atom. The van der Waals surface area contributed by atoms with E-state index in [1.165, 1.54) is 4.31 Å². The first-order chi connectivity index (χ1) is 18.1. The quantitative estimate of drug-likeness (QED) is 0.404. The summed E-state index contributed by atoms with van der Waals surface area (Å²) < 4.78 is 31.5. The molecule has 1 aliphatic carbocycles. The molecule has 208 valence electrons. The highest BCUT2D eigenvalue weighted by Crippen LogP contribution is 2.23.